The fraction of sp³-hybridized carbons (Fsp3) is 0.261. The number of carbonyl (C=O) groups excluding carboxylic acids is 1. The molecule has 0 atom stereocenters. The van der Waals surface area contributed by atoms with Crippen LogP contribution in [-0.2, 0) is 4.79 Å². The average molecular weight is 445 g/mol. The lowest BCUT2D eigenvalue weighted by Gasteiger charge is -2.17. The van der Waals surface area contributed by atoms with E-state index >= 15 is 0 Å². The fourth-order valence-corrected chi connectivity index (χ4v) is 4.19. The van der Waals surface area contributed by atoms with Crippen LogP contribution in [0.3, 0.4) is 0 Å². The van der Waals surface area contributed by atoms with Crippen molar-refractivity contribution in [2.75, 3.05) is 39.9 Å². The first-order valence-corrected chi connectivity index (χ1v) is 10.5. The molecule has 7 nitrogen and oxygen atoms in total. The Kier molecular flexibility index (Phi) is 7.02. The lowest BCUT2D eigenvalue weighted by Crippen LogP contribution is -2.16. The molecular weight excluding hydrogens is 420 g/mol. The lowest BCUT2D eigenvalue weighted by molar-refractivity contribution is -0.112. The maximum atomic E-state index is 13.1. The topological polar surface area (TPSA) is 94.5 Å². The van der Waals surface area contributed by atoms with E-state index in [4.69, 9.17) is 18.9 Å². The summed E-state index contributed by atoms with van der Waals surface area (Å²) in [6, 6.07) is 6.60. The van der Waals surface area contributed by atoms with Crippen molar-refractivity contribution in [2.45, 2.75) is 0 Å². The second-order valence-electron chi connectivity index (χ2n) is 6.71. The van der Waals surface area contributed by atoms with E-state index in [0.717, 1.165) is 0 Å². The number of phenols is 2. The third kappa shape index (κ3) is 4.74. The maximum absolute atomic E-state index is 13.1. The molecule has 2 N–H and O–H groups in total. The molecule has 8 heteroatoms. The summed E-state index contributed by atoms with van der Waals surface area (Å²) >= 11 is 1.62. The third-order valence-electron chi connectivity index (χ3n) is 4.78. The molecule has 0 aliphatic carbocycles. The summed E-state index contributed by atoms with van der Waals surface area (Å²) in [6.07, 6.45) is 3.54. The van der Waals surface area contributed by atoms with Gasteiger partial charge >= 0.3 is 0 Å². The van der Waals surface area contributed by atoms with E-state index in [1.165, 1.54) is 28.4 Å². The number of thioether (sulfide) groups is 1. The summed E-state index contributed by atoms with van der Waals surface area (Å²) < 4.78 is 20.8. The van der Waals surface area contributed by atoms with Gasteiger partial charge in [-0.3, -0.25) is 4.79 Å². The van der Waals surface area contributed by atoms with Crippen LogP contribution in [0.15, 0.2) is 35.4 Å². The van der Waals surface area contributed by atoms with Crippen LogP contribution < -0.4 is 18.9 Å². The van der Waals surface area contributed by atoms with E-state index in [-0.39, 0.29) is 40.3 Å². The average Bonchev–Trinajstić information content (AvgIpc) is 2.78. The standard InChI is InChI=1S/C23H24O7S/c1-27-17-7-13(8-18(28-2)22(17)25)5-15-11-31-12-16(21(15)24)6-14-9-19(29-3)23(26)20(10-14)30-4/h5-10,25-26H,11-12H2,1-4H3. The predicted molar refractivity (Wildman–Crippen MR) is 121 cm³/mol. The summed E-state index contributed by atoms with van der Waals surface area (Å²) in [7, 11) is 5.81. The zero-order chi connectivity index (χ0) is 22.5. The zero-order valence-corrected chi connectivity index (χ0v) is 18.5. The Morgan fingerprint density at radius 3 is 1.32 bits per heavy atom. The predicted octanol–water partition coefficient (Wildman–Crippen LogP) is 3.92. The molecule has 1 saturated heterocycles. The first kappa shape index (κ1) is 22.4. The Hall–Kier alpha value is -3.26. The molecule has 1 aliphatic heterocycles. The quantitative estimate of drug-likeness (QED) is 0.648. The largest absolute Gasteiger partial charge is 0.502 e. The highest BCUT2D eigenvalue weighted by Gasteiger charge is 2.22. The van der Waals surface area contributed by atoms with E-state index in [0.29, 0.717) is 33.8 Å². The molecule has 1 heterocycles. The number of aromatic hydroxyl groups is 2. The van der Waals surface area contributed by atoms with Crippen molar-refractivity contribution in [1.29, 1.82) is 0 Å². The van der Waals surface area contributed by atoms with Gasteiger partial charge in [0.05, 0.1) is 28.4 Å². The van der Waals surface area contributed by atoms with Crippen LogP contribution in [0.1, 0.15) is 11.1 Å². The Morgan fingerprint density at radius 2 is 1.03 bits per heavy atom. The summed E-state index contributed by atoms with van der Waals surface area (Å²) in [5, 5.41) is 20.2. The van der Waals surface area contributed by atoms with Gasteiger partial charge in [0.2, 0.25) is 11.5 Å². The van der Waals surface area contributed by atoms with E-state index in [1.54, 1.807) is 48.2 Å². The van der Waals surface area contributed by atoms with Gasteiger partial charge in [-0.25, -0.2) is 0 Å². The minimum atomic E-state index is -0.0905. The number of hydrogen-bond acceptors (Lipinski definition) is 8. The van der Waals surface area contributed by atoms with Crippen molar-refractivity contribution in [3.8, 4) is 34.5 Å². The molecule has 2 aromatic carbocycles. The van der Waals surface area contributed by atoms with Crippen molar-refractivity contribution in [3.05, 3.63) is 46.5 Å². The molecule has 31 heavy (non-hydrogen) atoms. The summed E-state index contributed by atoms with van der Waals surface area (Å²) in [6.45, 7) is 0. The number of Topliss-reactive ketones (excluding diaryl/α,β-unsaturated/α-hetero) is 1. The molecule has 1 aliphatic rings. The first-order chi connectivity index (χ1) is 14.9. The number of ketones is 1. The van der Waals surface area contributed by atoms with Gasteiger partial charge in [0.1, 0.15) is 0 Å². The second-order valence-corrected chi connectivity index (χ2v) is 7.69. The van der Waals surface area contributed by atoms with E-state index < -0.39 is 0 Å². The zero-order valence-electron chi connectivity index (χ0n) is 17.7. The van der Waals surface area contributed by atoms with Gasteiger partial charge < -0.3 is 29.2 Å². The second kappa shape index (κ2) is 9.70. The normalized spacial score (nSPS) is 16.5. The van der Waals surface area contributed by atoms with Crippen molar-refractivity contribution in [1.82, 2.24) is 0 Å². The number of phenolic OH excluding ortho intramolecular Hbond substituents is 2. The fourth-order valence-electron chi connectivity index (χ4n) is 3.22. The Bertz CT molecular complexity index is 924. The van der Waals surface area contributed by atoms with Crippen molar-refractivity contribution in [2.24, 2.45) is 0 Å². The van der Waals surface area contributed by atoms with Crippen LogP contribution in [0, 0.1) is 0 Å². The summed E-state index contributed by atoms with van der Waals surface area (Å²) in [5.41, 5.74) is 2.61. The van der Waals surface area contributed by atoms with E-state index in [9.17, 15) is 15.0 Å². The smallest absolute Gasteiger partial charge is 0.200 e. The van der Waals surface area contributed by atoms with Gasteiger partial charge in [0.15, 0.2) is 28.8 Å². The monoisotopic (exact) mass is 444 g/mol. The van der Waals surface area contributed by atoms with Crippen LogP contribution in [0.25, 0.3) is 12.2 Å². The highest BCUT2D eigenvalue weighted by molar-refractivity contribution is 7.99. The molecule has 0 spiro atoms. The highest BCUT2D eigenvalue weighted by atomic mass is 32.2. The van der Waals surface area contributed by atoms with Gasteiger partial charge in [0, 0.05) is 22.7 Å². The molecule has 0 bridgehead atoms. The maximum Gasteiger partial charge on any atom is 0.200 e. The minimum absolute atomic E-state index is 0.0734. The Labute approximate surface area is 184 Å². The Balaban J connectivity index is 1.97. The number of carbonyl (C=O) groups is 1. The number of rotatable bonds is 6. The molecule has 3 rings (SSSR count). The van der Waals surface area contributed by atoms with E-state index in [1.807, 2.05) is 0 Å². The van der Waals surface area contributed by atoms with Crippen LogP contribution in [0.4, 0.5) is 0 Å². The van der Waals surface area contributed by atoms with Crippen LogP contribution in [-0.4, -0.2) is 55.9 Å². The van der Waals surface area contributed by atoms with Gasteiger partial charge in [-0.15, -0.1) is 0 Å². The van der Waals surface area contributed by atoms with Crippen molar-refractivity contribution >= 4 is 29.7 Å². The molecule has 0 unspecified atom stereocenters. The molecule has 0 amide bonds. The van der Waals surface area contributed by atoms with Crippen LogP contribution >= 0.6 is 11.8 Å². The molecular formula is C23H24O7S. The van der Waals surface area contributed by atoms with Gasteiger partial charge in [0.25, 0.3) is 0 Å². The highest BCUT2D eigenvalue weighted by Crippen LogP contribution is 2.39. The van der Waals surface area contributed by atoms with Gasteiger partial charge in [-0.1, -0.05) is 0 Å². The minimum Gasteiger partial charge on any atom is -0.502 e. The number of hydrogen-bond donors (Lipinski definition) is 2. The first-order valence-electron chi connectivity index (χ1n) is 9.35. The molecule has 164 valence electrons. The summed E-state index contributed by atoms with van der Waals surface area (Å²) in [5.74, 6) is 1.92. The SMILES string of the molecule is COc1cc(C=C2CSCC(=Cc3cc(OC)c(O)c(OC)c3)C2=O)cc(OC)c1O. The molecule has 0 aromatic heterocycles. The Morgan fingerprint density at radius 1 is 0.710 bits per heavy atom. The third-order valence-corrected chi connectivity index (χ3v) is 5.81. The van der Waals surface area contributed by atoms with Crippen molar-refractivity contribution in [3.63, 3.8) is 0 Å². The van der Waals surface area contributed by atoms with Crippen molar-refractivity contribution < 1.29 is 34.0 Å². The van der Waals surface area contributed by atoms with Crippen LogP contribution in [0.2, 0.25) is 0 Å². The molecule has 2 aromatic rings. The number of ether oxygens (including phenoxy) is 4. The molecule has 0 radical (unpaired) electrons. The lowest BCUT2D eigenvalue weighted by atomic mass is 10.00. The van der Waals surface area contributed by atoms with Crippen LogP contribution in [0.5, 0.6) is 34.5 Å². The van der Waals surface area contributed by atoms with E-state index in [2.05, 4.69) is 0 Å². The van der Waals surface area contributed by atoms with Gasteiger partial charge in [-0.2, -0.15) is 11.8 Å². The van der Waals surface area contributed by atoms with Gasteiger partial charge in [-0.05, 0) is 47.5 Å². The summed E-state index contributed by atoms with van der Waals surface area (Å²) in [4.78, 5) is 13.1. The molecule has 1 fully saturated rings. The number of methoxy groups -OCH3 is 4. The molecule has 0 saturated carbocycles. The number of benzene rings is 2.